The lowest BCUT2D eigenvalue weighted by atomic mass is 9.88. The molecule has 0 radical (unpaired) electrons. The standard InChI is InChI=1S/C22H24F2N6O9S/c23-22(24)17(34)10-3-1-2-4-11(10)21(22,35)6-5-13(31)29-40(36,37)38-7-12-15(32)16(33)20(39-12)30-9-28-14-18(25)26-8-27-19(14)30/h1-4,8-9,12,15-17,20,32-35H,5-7H2,(H,29,31)(H2,25,26,27)/t12-,15-,16-,17+,20-,21+/m1/s1. The van der Waals surface area contributed by atoms with Crippen molar-refractivity contribution in [3.8, 4) is 0 Å². The number of benzene rings is 1. The molecule has 2 aromatic heterocycles. The van der Waals surface area contributed by atoms with Gasteiger partial charge in [-0.3, -0.25) is 13.5 Å². The van der Waals surface area contributed by atoms with Gasteiger partial charge in [0.15, 0.2) is 23.3 Å². The highest BCUT2D eigenvalue weighted by molar-refractivity contribution is 7.85. The van der Waals surface area contributed by atoms with Crippen molar-refractivity contribution in [1.29, 1.82) is 0 Å². The van der Waals surface area contributed by atoms with Crippen molar-refractivity contribution in [2.45, 2.75) is 55.0 Å². The van der Waals surface area contributed by atoms with Crippen LogP contribution in [0.2, 0.25) is 0 Å². The summed E-state index contributed by atoms with van der Waals surface area (Å²) in [6, 6.07) is 5.16. The van der Waals surface area contributed by atoms with Gasteiger partial charge in [0.25, 0.3) is 0 Å². The molecule has 15 nitrogen and oxygen atoms in total. The van der Waals surface area contributed by atoms with Crippen LogP contribution in [0.4, 0.5) is 14.6 Å². The Bertz CT molecular complexity index is 1560. The second-order valence-electron chi connectivity index (χ2n) is 9.37. The summed E-state index contributed by atoms with van der Waals surface area (Å²) < 4.78 is 67.1. The number of amides is 1. The minimum atomic E-state index is -4.83. The van der Waals surface area contributed by atoms with Crippen molar-refractivity contribution in [3.63, 3.8) is 0 Å². The van der Waals surface area contributed by atoms with E-state index >= 15 is 0 Å². The third-order valence-corrected chi connectivity index (χ3v) is 7.86. The van der Waals surface area contributed by atoms with E-state index < -0.39 is 77.8 Å². The van der Waals surface area contributed by atoms with Gasteiger partial charge in [-0.15, -0.1) is 0 Å². The molecule has 0 unspecified atom stereocenters. The highest BCUT2D eigenvalue weighted by Crippen LogP contribution is 2.56. The number of hydrogen-bond donors (Lipinski definition) is 6. The van der Waals surface area contributed by atoms with Crippen LogP contribution in [0, 0.1) is 0 Å². The fourth-order valence-corrected chi connectivity index (χ4v) is 5.59. The Balaban J connectivity index is 1.20. The highest BCUT2D eigenvalue weighted by atomic mass is 32.2. The molecule has 1 aromatic carbocycles. The van der Waals surface area contributed by atoms with Gasteiger partial charge in [0.2, 0.25) is 5.91 Å². The van der Waals surface area contributed by atoms with Crippen LogP contribution in [0.5, 0.6) is 0 Å². The number of rotatable bonds is 8. The van der Waals surface area contributed by atoms with Crippen molar-refractivity contribution in [1.82, 2.24) is 24.2 Å². The predicted molar refractivity (Wildman–Crippen MR) is 128 cm³/mol. The third-order valence-electron chi connectivity index (χ3n) is 6.93. The van der Waals surface area contributed by atoms with E-state index in [1.54, 1.807) is 0 Å². The Kier molecular flexibility index (Phi) is 6.97. The molecule has 216 valence electrons. The van der Waals surface area contributed by atoms with Crippen LogP contribution in [0.3, 0.4) is 0 Å². The number of alkyl halides is 2. The smallest absolute Gasteiger partial charge is 0.362 e. The molecule has 1 aliphatic carbocycles. The Morgan fingerprint density at radius 2 is 1.90 bits per heavy atom. The number of aromatic nitrogens is 4. The van der Waals surface area contributed by atoms with Crippen molar-refractivity contribution in [2.75, 3.05) is 12.3 Å². The average Bonchev–Trinajstić information content (AvgIpc) is 3.50. The number of nitrogen functional groups attached to an aromatic ring is 1. The maximum absolute atomic E-state index is 14.7. The molecule has 1 aliphatic heterocycles. The summed E-state index contributed by atoms with van der Waals surface area (Å²) in [6.07, 6.45) is -7.56. The number of ether oxygens (including phenoxy) is 1. The lowest BCUT2D eigenvalue weighted by Gasteiger charge is -2.31. The molecule has 7 N–H and O–H groups in total. The summed E-state index contributed by atoms with van der Waals surface area (Å²) in [5, 5.41) is 41.5. The lowest BCUT2D eigenvalue weighted by Crippen LogP contribution is -2.45. The minimum Gasteiger partial charge on any atom is -0.387 e. The van der Waals surface area contributed by atoms with Gasteiger partial charge in [-0.1, -0.05) is 24.3 Å². The predicted octanol–water partition coefficient (Wildman–Crippen LogP) is -1.24. The van der Waals surface area contributed by atoms with Crippen LogP contribution in [-0.4, -0.2) is 85.1 Å². The number of nitrogens with zero attached hydrogens (tertiary/aromatic N) is 4. The average molecular weight is 587 g/mol. The van der Waals surface area contributed by atoms with Gasteiger partial charge in [0.1, 0.15) is 36.3 Å². The first kappa shape index (κ1) is 28.1. The zero-order chi connectivity index (χ0) is 29.0. The number of nitrogens with one attached hydrogen (secondary N) is 1. The van der Waals surface area contributed by atoms with Crippen LogP contribution < -0.4 is 10.5 Å². The molecule has 2 aliphatic rings. The molecule has 3 heterocycles. The number of carbonyl (C=O) groups is 1. The van der Waals surface area contributed by atoms with E-state index in [0.717, 1.165) is 6.33 Å². The second-order valence-corrected chi connectivity index (χ2v) is 10.7. The number of imidazole rings is 1. The van der Waals surface area contributed by atoms with E-state index in [1.165, 1.54) is 39.9 Å². The van der Waals surface area contributed by atoms with Gasteiger partial charge in [-0.05, 0) is 17.5 Å². The first-order chi connectivity index (χ1) is 18.8. The van der Waals surface area contributed by atoms with Gasteiger partial charge < -0.3 is 30.9 Å². The first-order valence-corrected chi connectivity index (χ1v) is 13.2. The zero-order valence-corrected chi connectivity index (χ0v) is 21.1. The van der Waals surface area contributed by atoms with Crippen molar-refractivity contribution in [3.05, 3.63) is 48.0 Å². The second kappa shape index (κ2) is 9.91. The molecule has 6 atom stereocenters. The topological polar surface area (TPSA) is 232 Å². The third kappa shape index (κ3) is 4.56. The molecule has 40 heavy (non-hydrogen) atoms. The summed E-state index contributed by atoms with van der Waals surface area (Å²) in [7, 11) is -4.83. The Labute approximate surface area is 224 Å². The van der Waals surface area contributed by atoms with Gasteiger partial charge in [-0.25, -0.2) is 19.7 Å². The number of nitrogens with two attached hydrogens (primary N) is 1. The van der Waals surface area contributed by atoms with E-state index in [9.17, 15) is 42.4 Å². The van der Waals surface area contributed by atoms with Crippen LogP contribution in [0.1, 0.15) is 36.3 Å². The van der Waals surface area contributed by atoms with Crippen LogP contribution >= 0.6 is 0 Å². The lowest BCUT2D eigenvalue weighted by molar-refractivity contribution is -0.226. The van der Waals surface area contributed by atoms with E-state index in [2.05, 4.69) is 15.0 Å². The molecule has 18 heteroatoms. The molecule has 1 fully saturated rings. The number of hydrogen-bond acceptors (Lipinski definition) is 13. The minimum absolute atomic E-state index is 0.0580. The Morgan fingerprint density at radius 3 is 2.65 bits per heavy atom. The van der Waals surface area contributed by atoms with Crippen LogP contribution in [-0.2, 0) is 29.6 Å². The normalized spacial score (nSPS) is 29.5. The monoisotopic (exact) mass is 586 g/mol. The Hall–Kier alpha value is -3.39. The largest absolute Gasteiger partial charge is 0.387 e. The number of aliphatic hydroxyl groups is 4. The zero-order valence-electron chi connectivity index (χ0n) is 20.3. The first-order valence-electron chi connectivity index (χ1n) is 11.8. The number of carbonyl (C=O) groups excluding carboxylic acids is 1. The van der Waals surface area contributed by atoms with E-state index in [1.807, 2.05) is 0 Å². The molecular weight excluding hydrogens is 562 g/mol. The molecule has 0 spiro atoms. The van der Waals surface area contributed by atoms with Gasteiger partial charge in [0.05, 0.1) is 12.9 Å². The van der Waals surface area contributed by atoms with E-state index in [-0.39, 0.29) is 28.1 Å². The number of fused-ring (bicyclic) bond motifs is 2. The summed E-state index contributed by atoms with van der Waals surface area (Å²) in [5.74, 6) is -5.27. The fraction of sp³-hybridized carbons (Fsp3) is 0.455. The molecule has 1 saturated heterocycles. The SMILES string of the molecule is Nc1ncnc2c1ncn2[C@@H]1O[C@H](COS(=O)(=O)NC(=O)CC[C@]2(O)c3ccccc3[C@H](O)C2(F)F)[C@@H](O)[C@H]1O. The molecule has 0 bridgehead atoms. The molecule has 3 aromatic rings. The summed E-state index contributed by atoms with van der Waals surface area (Å²) in [4.78, 5) is 24.1. The Morgan fingerprint density at radius 1 is 1.18 bits per heavy atom. The van der Waals surface area contributed by atoms with Crippen LogP contribution in [0.15, 0.2) is 36.9 Å². The fourth-order valence-electron chi connectivity index (χ4n) is 4.84. The van der Waals surface area contributed by atoms with Gasteiger partial charge >= 0.3 is 16.2 Å². The molecule has 5 rings (SSSR count). The number of aliphatic hydroxyl groups excluding tert-OH is 3. The summed E-state index contributed by atoms with van der Waals surface area (Å²) in [6.45, 7) is -0.845. The van der Waals surface area contributed by atoms with Gasteiger partial charge in [0, 0.05) is 6.42 Å². The number of anilines is 1. The summed E-state index contributed by atoms with van der Waals surface area (Å²) >= 11 is 0. The molecular formula is C22H24F2N6O9S. The van der Waals surface area contributed by atoms with Gasteiger partial charge in [-0.2, -0.15) is 17.2 Å². The highest BCUT2D eigenvalue weighted by Gasteiger charge is 2.64. The molecule has 0 saturated carbocycles. The quantitative estimate of drug-likeness (QED) is 0.181. The van der Waals surface area contributed by atoms with Crippen molar-refractivity contribution >= 4 is 33.2 Å². The molecule has 1 amide bonds. The van der Waals surface area contributed by atoms with E-state index in [0.29, 0.717) is 0 Å². The van der Waals surface area contributed by atoms with Crippen molar-refractivity contribution in [2.24, 2.45) is 0 Å². The van der Waals surface area contributed by atoms with Crippen molar-refractivity contribution < 1.29 is 51.3 Å². The van der Waals surface area contributed by atoms with Crippen LogP contribution in [0.25, 0.3) is 11.2 Å². The maximum Gasteiger partial charge on any atom is 0.362 e. The number of halogens is 2. The maximum atomic E-state index is 14.7. The summed E-state index contributed by atoms with van der Waals surface area (Å²) in [5.41, 5.74) is 2.70. The van der Waals surface area contributed by atoms with E-state index in [4.69, 9.17) is 14.7 Å².